The average Bonchev–Trinajstić information content (AvgIpc) is 3.23. The van der Waals surface area contributed by atoms with Crippen LogP contribution in [-0.2, 0) is 4.74 Å². The summed E-state index contributed by atoms with van der Waals surface area (Å²) in [5.41, 5.74) is 0.821. The predicted octanol–water partition coefficient (Wildman–Crippen LogP) is 4.56. The molecule has 7 nitrogen and oxygen atoms in total. The smallest absolute Gasteiger partial charge is 0.259 e. The predicted molar refractivity (Wildman–Crippen MR) is 123 cm³/mol. The first-order valence-electron chi connectivity index (χ1n) is 11.4. The van der Waals surface area contributed by atoms with Gasteiger partial charge in [-0.15, -0.1) is 0 Å². The fourth-order valence-electron chi connectivity index (χ4n) is 4.57. The van der Waals surface area contributed by atoms with E-state index in [9.17, 15) is 9.18 Å². The molecular weight excluding hydrogens is 437 g/mol. The molecule has 2 fully saturated rings. The first-order chi connectivity index (χ1) is 16.5. The van der Waals surface area contributed by atoms with Gasteiger partial charge in [0.25, 0.3) is 5.91 Å². The zero-order valence-corrected chi connectivity index (χ0v) is 18.9. The maximum atomic E-state index is 13.5. The standard InChI is InChI=1S/C26H26FN3O4/c1-18-5-8-21(15-29-18)34-24-23(4-2-12-28-24)25(31)30-13-3-11-26(17-30)14-22(16-32-26)33-20-9-6-19(27)7-10-20/h2,4-10,12,15,22H,3,11,13-14,16-17H2,1H3/t22-,26+/m1/s1. The van der Waals surface area contributed by atoms with Crippen molar-refractivity contribution in [1.29, 1.82) is 0 Å². The molecule has 5 rings (SSSR count). The molecule has 34 heavy (non-hydrogen) atoms. The average molecular weight is 464 g/mol. The van der Waals surface area contributed by atoms with Crippen molar-refractivity contribution in [3.63, 3.8) is 0 Å². The lowest BCUT2D eigenvalue weighted by molar-refractivity contribution is -0.0454. The third kappa shape index (κ3) is 4.87. The third-order valence-corrected chi connectivity index (χ3v) is 6.22. The van der Waals surface area contributed by atoms with Crippen molar-refractivity contribution in [3.8, 4) is 17.4 Å². The number of hydrogen-bond donors (Lipinski definition) is 0. The van der Waals surface area contributed by atoms with Crippen LogP contribution in [0.2, 0.25) is 0 Å². The molecule has 8 heteroatoms. The van der Waals surface area contributed by atoms with Gasteiger partial charge in [-0.05, 0) is 68.3 Å². The Balaban J connectivity index is 1.27. The maximum absolute atomic E-state index is 13.5. The van der Waals surface area contributed by atoms with Crippen LogP contribution in [0.5, 0.6) is 17.4 Å². The minimum absolute atomic E-state index is 0.145. The molecule has 0 unspecified atom stereocenters. The van der Waals surface area contributed by atoms with E-state index in [-0.39, 0.29) is 23.7 Å². The highest BCUT2D eigenvalue weighted by atomic mass is 19.1. The van der Waals surface area contributed by atoms with Crippen LogP contribution < -0.4 is 9.47 Å². The molecule has 3 aromatic rings. The first kappa shape index (κ1) is 22.3. The molecule has 176 valence electrons. The van der Waals surface area contributed by atoms with E-state index in [4.69, 9.17) is 14.2 Å². The van der Waals surface area contributed by atoms with Crippen molar-refractivity contribution in [2.75, 3.05) is 19.7 Å². The molecule has 4 heterocycles. The number of pyridine rings is 2. The van der Waals surface area contributed by atoms with Gasteiger partial charge in [-0.3, -0.25) is 9.78 Å². The van der Waals surface area contributed by atoms with Crippen molar-refractivity contribution in [2.45, 2.75) is 37.9 Å². The number of halogens is 1. The molecule has 2 atom stereocenters. The molecule has 1 spiro atoms. The Bertz CT molecular complexity index is 1160. The second kappa shape index (κ2) is 9.38. The highest BCUT2D eigenvalue weighted by molar-refractivity contribution is 5.96. The van der Waals surface area contributed by atoms with Gasteiger partial charge >= 0.3 is 0 Å². The fourth-order valence-corrected chi connectivity index (χ4v) is 4.57. The molecule has 2 aromatic heterocycles. The number of aryl methyl sites for hydroxylation is 1. The second-order valence-corrected chi connectivity index (χ2v) is 8.82. The van der Waals surface area contributed by atoms with Gasteiger partial charge in [0, 0.05) is 24.9 Å². The zero-order valence-electron chi connectivity index (χ0n) is 18.9. The second-order valence-electron chi connectivity index (χ2n) is 8.82. The number of benzene rings is 1. The van der Waals surface area contributed by atoms with Crippen LogP contribution in [-0.4, -0.2) is 52.2 Å². The molecule has 2 aliphatic rings. The summed E-state index contributed by atoms with van der Waals surface area (Å²) < 4.78 is 31.3. The van der Waals surface area contributed by atoms with Crippen molar-refractivity contribution in [1.82, 2.24) is 14.9 Å². The van der Waals surface area contributed by atoms with E-state index in [0.717, 1.165) is 18.5 Å². The van der Waals surface area contributed by atoms with E-state index >= 15 is 0 Å². The van der Waals surface area contributed by atoms with Gasteiger partial charge < -0.3 is 19.1 Å². The first-order valence-corrected chi connectivity index (χ1v) is 11.4. The normalized spacial score (nSPS) is 22.1. The van der Waals surface area contributed by atoms with E-state index < -0.39 is 5.60 Å². The molecule has 0 radical (unpaired) electrons. The summed E-state index contributed by atoms with van der Waals surface area (Å²) in [6.07, 6.45) is 5.41. The number of carbonyl (C=O) groups excluding carboxylic acids is 1. The SMILES string of the molecule is Cc1ccc(Oc2ncccc2C(=O)N2CCC[C@]3(C[C@@H](Oc4ccc(F)cc4)CO3)C2)cn1. The number of carbonyl (C=O) groups is 1. The van der Waals surface area contributed by atoms with Crippen molar-refractivity contribution in [3.05, 3.63) is 78.0 Å². The monoisotopic (exact) mass is 463 g/mol. The Morgan fingerprint density at radius 1 is 1.15 bits per heavy atom. The van der Waals surface area contributed by atoms with Crippen molar-refractivity contribution in [2.24, 2.45) is 0 Å². The van der Waals surface area contributed by atoms with Crippen LogP contribution in [0.25, 0.3) is 0 Å². The Morgan fingerprint density at radius 3 is 2.76 bits per heavy atom. The van der Waals surface area contributed by atoms with E-state index in [0.29, 0.717) is 43.2 Å². The fraction of sp³-hybridized carbons (Fsp3) is 0.346. The van der Waals surface area contributed by atoms with Gasteiger partial charge in [0.1, 0.15) is 29.0 Å². The lowest BCUT2D eigenvalue weighted by Crippen LogP contribution is -2.50. The quantitative estimate of drug-likeness (QED) is 0.552. The van der Waals surface area contributed by atoms with Gasteiger partial charge in [0.2, 0.25) is 5.88 Å². The minimum atomic E-state index is -0.456. The molecular formula is C26H26FN3O4. The minimum Gasteiger partial charge on any atom is -0.488 e. The van der Waals surface area contributed by atoms with Crippen LogP contribution in [0.3, 0.4) is 0 Å². The van der Waals surface area contributed by atoms with Crippen LogP contribution in [0, 0.1) is 12.7 Å². The number of piperidine rings is 1. The summed E-state index contributed by atoms with van der Waals surface area (Å²) in [5, 5.41) is 0. The van der Waals surface area contributed by atoms with Crippen LogP contribution in [0.1, 0.15) is 35.3 Å². The largest absolute Gasteiger partial charge is 0.488 e. The van der Waals surface area contributed by atoms with Crippen LogP contribution in [0.15, 0.2) is 60.9 Å². The van der Waals surface area contributed by atoms with Gasteiger partial charge in [0.15, 0.2) is 0 Å². The van der Waals surface area contributed by atoms with Crippen molar-refractivity contribution >= 4 is 5.91 Å². The lowest BCUT2D eigenvalue weighted by atomic mass is 9.89. The molecule has 2 aliphatic heterocycles. The van der Waals surface area contributed by atoms with Crippen LogP contribution >= 0.6 is 0 Å². The molecule has 0 bridgehead atoms. The molecule has 1 aromatic carbocycles. The Morgan fingerprint density at radius 2 is 1.97 bits per heavy atom. The number of nitrogens with zero attached hydrogens (tertiary/aromatic N) is 3. The third-order valence-electron chi connectivity index (χ3n) is 6.22. The van der Waals surface area contributed by atoms with Gasteiger partial charge in [0.05, 0.1) is 24.9 Å². The number of rotatable bonds is 5. The summed E-state index contributed by atoms with van der Waals surface area (Å²) in [6, 6.07) is 13.1. The van der Waals surface area contributed by atoms with E-state index in [1.54, 1.807) is 47.6 Å². The highest BCUT2D eigenvalue weighted by Gasteiger charge is 2.45. The molecule has 2 saturated heterocycles. The van der Waals surface area contributed by atoms with E-state index in [1.807, 2.05) is 13.0 Å². The van der Waals surface area contributed by atoms with Crippen molar-refractivity contribution < 1.29 is 23.4 Å². The topological polar surface area (TPSA) is 73.8 Å². The maximum Gasteiger partial charge on any atom is 0.259 e. The Hall–Kier alpha value is -3.52. The number of hydrogen-bond acceptors (Lipinski definition) is 6. The Labute approximate surface area is 197 Å². The number of ether oxygens (including phenoxy) is 3. The summed E-state index contributed by atoms with van der Waals surface area (Å²) in [6.45, 7) is 3.43. The number of likely N-dealkylation sites (tertiary alicyclic amines) is 1. The van der Waals surface area contributed by atoms with Gasteiger partial charge in [-0.25, -0.2) is 9.37 Å². The molecule has 1 amide bonds. The zero-order chi connectivity index (χ0) is 23.5. The highest BCUT2D eigenvalue weighted by Crippen LogP contribution is 2.37. The molecule has 0 N–H and O–H groups in total. The molecule has 0 aliphatic carbocycles. The van der Waals surface area contributed by atoms with Crippen LogP contribution in [0.4, 0.5) is 4.39 Å². The summed E-state index contributed by atoms with van der Waals surface area (Å²) in [4.78, 5) is 23.8. The summed E-state index contributed by atoms with van der Waals surface area (Å²) in [7, 11) is 0. The summed E-state index contributed by atoms with van der Waals surface area (Å²) >= 11 is 0. The molecule has 0 saturated carbocycles. The lowest BCUT2D eigenvalue weighted by Gasteiger charge is -2.39. The Kier molecular flexibility index (Phi) is 6.15. The summed E-state index contributed by atoms with van der Waals surface area (Å²) in [5.74, 6) is 0.939. The van der Waals surface area contributed by atoms with Gasteiger partial charge in [-0.2, -0.15) is 0 Å². The number of amides is 1. The van der Waals surface area contributed by atoms with E-state index in [2.05, 4.69) is 9.97 Å². The van der Waals surface area contributed by atoms with Gasteiger partial charge in [-0.1, -0.05) is 0 Å². The van der Waals surface area contributed by atoms with E-state index in [1.165, 1.54) is 12.1 Å². The number of aromatic nitrogens is 2.